The van der Waals surface area contributed by atoms with Gasteiger partial charge in [0.05, 0.1) is 23.6 Å². The second kappa shape index (κ2) is 7.12. The minimum absolute atomic E-state index is 0.212. The van der Waals surface area contributed by atoms with Crippen molar-refractivity contribution >= 4 is 34.2 Å². The molecular formula is C22H20N6O2. The van der Waals surface area contributed by atoms with Crippen molar-refractivity contribution in [1.29, 1.82) is 5.26 Å². The Hall–Kier alpha value is -3.99. The molecule has 2 atom stereocenters. The highest BCUT2D eigenvalue weighted by molar-refractivity contribution is 5.99. The number of nitrogens with zero attached hydrogens (tertiary/aromatic N) is 3. The maximum Gasteiger partial charge on any atom is 0.248 e. The molecule has 0 radical (unpaired) electrons. The van der Waals surface area contributed by atoms with E-state index in [1.165, 1.54) is 0 Å². The quantitative estimate of drug-likeness (QED) is 0.613. The van der Waals surface area contributed by atoms with Crippen LogP contribution < -0.4 is 16.8 Å². The number of nitrogens with two attached hydrogens (primary N) is 2. The van der Waals surface area contributed by atoms with E-state index in [9.17, 15) is 9.59 Å². The number of fused-ring (bicyclic) bond motifs is 1. The van der Waals surface area contributed by atoms with Crippen LogP contribution in [-0.2, 0) is 4.79 Å². The van der Waals surface area contributed by atoms with Crippen molar-refractivity contribution in [1.82, 2.24) is 9.97 Å². The van der Waals surface area contributed by atoms with Gasteiger partial charge in [-0.15, -0.1) is 0 Å². The molecule has 2 heterocycles. The van der Waals surface area contributed by atoms with E-state index in [-0.39, 0.29) is 17.7 Å². The van der Waals surface area contributed by atoms with Crippen LogP contribution in [0.4, 0.5) is 11.6 Å². The predicted octanol–water partition coefficient (Wildman–Crippen LogP) is 2.69. The van der Waals surface area contributed by atoms with E-state index in [0.29, 0.717) is 34.7 Å². The van der Waals surface area contributed by atoms with Gasteiger partial charge in [-0.05, 0) is 55.0 Å². The summed E-state index contributed by atoms with van der Waals surface area (Å²) in [6.45, 7) is 3.76. The average molecular weight is 400 g/mol. The van der Waals surface area contributed by atoms with Gasteiger partial charge in [-0.1, -0.05) is 6.07 Å². The minimum atomic E-state index is -0.507. The van der Waals surface area contributed by atoms with Gasteiger partial charge in [-0.3, -0.25) is 9.59 Å². The molecule has 5 N–H and O–H groups in total. The van der Waals surface area contributed by atoms with Crippen molar-refractivity contribution in [3.05, 3.63) is 47.2 Å². The van der Waals surface area contributed by atoms with Gasteiger partial charge in [0.2, 0.25) is 11.8 Å². The number of anilines is 2. The summed E-state index contributed by atoms with van der Waals surface area (Å²) in [4.78, 5) is 32.7. The highest BCUT2D eigenvalue weighted by Gasteiger charge is 2.43. The normalized spacial score (nSPS) is 17.4. The Morgan fingerprint density at radius 1 is 1.20 bits per heavy atom. The number of nitrogen functional groups attached to an aromatic ring is 1. The molecule has 8 nitrogen and oxygen atoms in total. The molecule has 2 amide bonds. The zero-order chi connectivity index (χ0) is 21.6. The minimum Gasteiger partial charge on any atom is -0.383 e. The number of carbonyl (C=O) groups is 2. The first-order valence-corrected chi connectivity index (χ1v) is 9.46. The fourth-order valence-corrected chi connectivity index (χ4v) is 3.62. The molecule has 8 heteroatoms. The van der Waals surface area contributed by atoms with Crippen molar-refractivity contribution in [2.75, 3.05) is 11.1 Å². The lowest BCUT2D eigenvalue weighted by Gasteiger charge is -2.12. The van der Waals surface area contributed by atoms with E-state index in [0.717, 1.165) is 22.1 Å². The number of hydrogen-bond acceptors (Lipinski definition) is 6. The fraction of sp³-hybridized carbons (Fsp3) is 0.227. The number of nitrogens with one attached hydrogen (secondary N) is 1. The average Bonchev–Trinajstić information content (AvgIpc) is 3.47. The molecule has 0 bridgehead atoms. The lowest BCUT2D eigenvalue weighted by Crippen LogP contribution is -2.15. The number of benzene rings is 1. The van der Waals surface area contributed by atoms with E-state index in [2.05, 4.69) is 21.4 Å². The number of primary amides is 1. The zero-order valence-electron chi connectivity index (χ0n) is 16.6. The van der Waals surface area contributed by atoms with Crippen molar-refractivity contribution < 1.29 is 9.59 Å². The first kappa shape index (κ1) is 19.3. The van der Waals surface area contributed by atoms with Gasteiger partial charge in [0.25, 0.3) is 0 Å². The van der Waals surface area contributed by atoms with Crippen LogP contribution in [0.1, 0.15) is 27.9 Å². The number of nitriles is 1. The van der Waals surface area contributed by atoms with E-state index >= 15 is 0 Å². The van der Waals surface area contributed by atoms with Crippen LogP contribution in [0.3, 0.4) is 0 Å². The van der Waals surface area contributed by atoms with Gasteiger partial charge in [-0.25, -0.2) is 9.97 Å². The number of aromatic nitrogens is 2. The van der Waals surface area contributed by atoms with Crippen molar-refractivity contribution in [2.24, 2.45) is 17.6 Å². The summed E-state index contributed by atoms with van der Waals surface area (Å²) in [6.07, 6.45) is 2.13. The lowest BCUT2D eigenvalue weighted by molar-refractivity contribution is -0.117. The SMILES string of the molecule is Cc1cc(C)c(-c2cc3cc(NC(=O)C4CC4C#N)ncc3c(N)n2)cc1C(N)=O. The van der Waals surface area contributed by atoms with Gasteiger partial charge in [0.1, 0.15) is 11.6 Å². The smallest absolute Gasteiger partial charge is 0.248 e. The zero-order valence-corrected chi connectivity index (χ0v) is 16.6. The van der Waals surface area contributed by atoms with Gasteiger partial charge >= 0.3 is 0 Å². The second-order valence-electron chi connectivity index (χ2n) is 7.60. The van der Waals surface area contributed by atoms with E-state index in [1.807, 2.05) is 26.0 Å². The Bertz CT molecular complexity index is 1260. The van der Waals surface area contributed by atoms with E-state index in [4.69, 9.17) is 16.7 Å². The van der Waals surface area contributed by atoms with Crippen LogP contribution in [0.25, 0.3) is 22.0 Å². The third kappa shape index (κ3) is 3.42. The molecule has 0 aliphatic heterocycles. The Kier molecular flexibility index (Phi) is 4.59. The van der Waals surface area contributed by atoms with Gasteiger partial charge in [-0.2, -0.15) is 5.26 Å². The Labute approximate surface area is 172 Å². The Balaban J connectivity index is 1.74. The molecule has 1 fully saturated rings. The maximum absolute atomic E-state index is 12.2. The molecule has 150 valence electrons. The number of aryl methyl sites for hydroxylation is 2. The summed E-state index contributed by atoms with van der Waals surface area (Å²) in [5.74, 6) is -0.552. The van der Waals surface area contributed by atoms with Crippen LogP contribution in [0.2, 0.25) is 0 Å². The number of hydrogen-bond donors (Lipinski definition) is 3. The van der Waals surface area contributed by atoms with Crippen molar-refractivity contribution in [2.45, 2.75) is 20.3 Å². The Morgan fingerprint density at radius 3 is 2.63 bits per heavy atom. The van der Waals surface area contributed by atoms with Crippen molar-refractivity contribution in [3.8, 4) is 17.3 Å². The first-order valence-electron chi connectivity index (χ1n) is 9.46. The molecule has 30 heavy (non-hydrogen) atoms. The Morgan fingerprint density at radius 2 is 1.97 bits per heavy atom. The van der Waals surface area contributed by atoms with Crippen LogP contribution >= 0.6 is 0 Å². The monoisotopic (exact) mass is 400 g/mol. The third-order valence-electron chi connectivity index (χ3n) is 5.40. The van der Waals surface area contributed by atoms with Crippen LogP contribution in [0, 0.1) is 37.0 Å². The lowest BCUT2D eigenvalue weighted by atomic mass is 9.96. The molecule has 1 aliphatic carbocycles. The van der Waals surface area contributed by atoms with Gasteiger partial charge < -0.3 is 16.8 Å². The van der Waals surface area contributed by atoms with Crippen LogP contribution in [0.5, 0.6) is 0 Å². The van der Waals surface area contributed by atoms with E-state index in [1.54, 1.807) is 18.3 Å². The molecule has 0 spiro atoms. The molecule has 4 rings (SSSR count). The topological polar surface area (TPSA) is 148 Å². The standard InChI is InChI=1S/C22H20N6O2/c1-10-3-11(2)15(21(25)29)7-14(10)18-5-12-6-19(26-9-17(12)20(24)27-18)28-22(30)16-4-13(16)8-23/h3,5-7,9,13,16H,4H2,1-2H3,(H2,24,27)(H2,25,29)(H,26,28,30). The predicted molar refractivity (Wildman–Crippen MR) is 113 cm³/mol. The van der Waals surface area contributed by atoms with E-state index < -0.39 is 5.91 Å². The highest BCUT2D eigenvalue weighted by Crippen LogP contribution is 2.38. The highest BCUT2D eigenvalue weighted by atomic mass is 16.2. The maximum atomic E-state index is 12.2. The summed E-state index contributed by atoms with van der Waals surface area (Å²) in [6, 6.07) is 9.26. The third-order valence-corrected chi connectivity index (χ3v) is 5.40. The van der Waals surface area contributed by atoms with Gasteiger partial charge in [0.15, 0.2) is 0 Å². The van der Waals surface area contributed by atoms with Gasteiger partial charge in [0, 0.05) is 22.7 Å². The largest absolute Gasteiger partial charge is 0.383 e. The molecule has 2 unspecified atom stereocenters. The molecule has 3 aromatic rings. The fourth-order valence-electron chi connectivity index (χ4n) is 3.62. The number of carbonyl (C=O) groups excluding carboxylic acids is 2. The van der Waals surface area contributed by atoms with Crippen molar-refractivity contribution in [3.63, 3.8) is 0 Å². The number of amides is 2. The summed E-state index contributed by atoms with van der Waals surface area (Å²) in [5, 5.41) is 13.1. The van der Waals surface area contributed by atoms with Crippen LogP contribution in [0.15, 0.2) is 30.5 Å². The summed E-state index contributed by atoms with van der Waals surface area (Å²) < 4.78 is 0. The second-order valence-corrected chi connectivity index (χ2v) is 7.60. The summed E-state index contributed by atoms with van der Waals surface area (Å²) >= 11 is 0. The molecule has 0 saturated heterocycles. The summed E-state index contributed by atoms with van der Waals surface area (Å²) in [7, 11) is 0. The summed E-state index contributed by atoms with van der Waals surface area (Å²) in [5.41, 5.74) is 15.1. The number of rotatable bonds is 4. The molecule has 2 aromatic heterocycles. The number of pyridine rings is 2. The first-order chi connectivity index (χ1) is 14.3. The molecule has 1 aliphatic rings. The molecule has 1 saturated carbocycles. The molecule has 1 aromatic carbocycles. The molecular weight excluding hydrogens is 380 g/mol. The van der Waals surface area contributed by atoms with Crippen LogP contribution in [-0.4, -0.2) is 21.8 Å².